The number of carboxylic acids is 1. The number of thioether (sulfide) groups is 1. The van der Waals surface area contributed by atoms with Gasteiger partial charge in [0.2, 0.25) is 16.4 Å². The van der Waals surface area contributed by atoms with Crippen molar-refractivity contribution in [3.63, 3.8) is 0 Å². The van der Waals surface area contributed by atoms with Crippen LogP contribution in [0.4, 0.5) is 5.13 Å². The van der Waals surface area contributed by atoms with E-state index in [0.717, 1.165) is 21.3 Å². The van der Waals surface area contributed by atoms with Gasteiger partial charge in [0.15, 0.2) is 11.2 Å². The Morgan fingerprint density at radius 3 is 2.97 bits per heavy atom. The highest BCUT2D eigenvalue weighted by atomic mass is 32.2. The Hall–Kier alpha value is -4.01. The second kappa shape index (κ2) is 9.80. The molecule has 1 fully saturated rings. The summed E-state index contributed by atoms with van der Waals surface area (Å²) in [6, 6.07) is 1.11. The third-order valence-electron chi connectivity index (χ3n) is 5.54. The quantitative estimate of drug-likeness (QED) is 0.141. The molecule has 2 aliphatic heterocycles. The minimum absolute atomic E-state index is 0.0521. The first-order valence-corrected chi connectivity index (χ1v) is 13.4. The number of β-lactam (4-membered cyclic amide) rings is 1. The summed E-state index contributed by atoms with van der Waals surface area (Å²) in [6.45, 7) is 1.94. The van der Waals surface area contributed by atoms with Gasteiger partial charge in [-0.1, -0.05) is 16.5 Å². The van der Waals surface area contributed by atoms with Crippen molar-refractivity contribution in [1.29, 1.82) is 5.26 Å². The number of carboxylic acid groups (broad SMARTS) is 1. The molecule has 0 aromatic carbocycles. The Labute approximate surface area is 220 Å². The van der Waals surface area contributed by atoms with Gasteiger partial charge >= 0.3 is 5.82 Å². The average Bonchev–Trinajstić information content (AvgIpc) is 3.58. The molecule has 0 radical (unpaired) electrons. The lowest BCUT2D eigenvalue weighted by molar-refractivity contribution is -0.690. The molecule has 0 spiro atoms. The summed E-state index contributed by atoms with van der Waals surface area (Å²) < 4.78 is 7.31. The predicted octanol–water partition coefficient (Wildman–Crippen LogP) is -1.56. The maximum Gasteiger partial charge on any atom is 0.368 e. The van der Waals surface area contributed by atoms with Crippen LogP contribution in [0.2, 0.25) is 0 Å². The smallest absolute Gasteiger partial charge is 0.368 e. The van der Waals surface area contributed by atoms with Gasteiger partial charge in [-0.3, -0.25) is 14.5 Å². The zero-order valence-electron chi connectivity index (χ0n) is 19.0. The number of aromatic nitrogens is 4. The summed E-state index contributed by atoms with van der Waals surface area (Å²) in [7, 11) is 0. The number of nitrogens with one attached hydrogen (secondary N) is 1. The summed E-state index contributed by atoms with van der Waals surface area (Å²) in [5, 5.41) is 29.3. The van der Waals surface area contributed by atoms with Crippen LogP contribution in [-0.4, -0.2) is 65.9 Å². The number of hydrogen-bond donors (Lipinski definition) is 2. The van der Waals surface area contributed by atoms with Gasteiger partial charge in [-0.05, 0) is 6.92 Å². The van der Waals surface area contributed by atoms with E-state index in [0.29, 0.717) is 11.4 Å². The molecule has 5 rings (SSSR count). The van der Waals surface area contributed by atoms with Crippen LogP contribution in [0, 0.1) is 11.3 Å². The standard InChI is InChI=1S/C20H17N9O5S3/c1-2-34-25-12(15-24-20(22)37-26-15)16(30)23-13-17(31)29-14(19(32)33)9(8-36-18(13)29)6-27-7-11-28(3-4-35-11)10(27)5-21/h3-4,7,13,18H,2,6,8H2,1H3,(H3-,22,23,24,26,30,32,33)/b25-12-/t13-,18-/m1/s1. The van der Waals surface area contributed by atoms with E-state index in [4.69, 9.17) is 10.6 Å². The normalized spacial score (nSPS) is 19.4. The minimum atomic E-state index is -1.51. The van der Waals surface area contributed by atoms with Crippen LogP contribution in [0.1, 0.15) is 18.6 Å². The van der Waals surface area contributed by atoms with Gasteiger partial charge in [-0.15, -0.1) is 11.8 Å². The molecule has 0 saturated carbocycles. The van der Waals surface area contributed by atoms with Crippen LogP contribution in [0.5, 0.6) is 0 Å². The first kappa shape index (κ1) is 24.7. The monoisotopic (exact) mass is 559 g/mol. The Bertz CT molecular complexity index is 1530. The lowest BCUT2D eigenvalue weighted by Gasteiger charge is -2.50. The van der Waals surface area contributed by atoms with Crippen molar-refractivity contribution in [2.45, 2.75) is 24.9 Å². The third kappa shape index (κ3) is 4.28. The number of nitrogens with two attached hydrogens (primary N) is 1. The van der Waals surface area contributed by atoms with Crippen LogP contribution in [0.3, 0.4) is 0 Å². The third-order valence-corrected chi connectivity index (χ3v) is 8.23. The van der Waals surface area contributed by atoms with E-state index in [1.54, 1.807) is 28.3 Å². The highest BCUT2D eigenvalue weighted by Gasteiger charge is 2.53. The van der Waals surface area contributed by atoms with Gasteiger partial charge in [0, 0.05) is 28.2 Å². The molecule has 190 valence electrons. The summed E-state index contributed by atoms with van der Waals surface area (Å²) in [6.07, 6.45) is 3.50. The van der Waals surface area contributed by atoms with Gasteiger partial charge in [-0.2, -0.15) is 19.0 Å². The van der Waals surface area contributed by atoms with E-state index >= 15 is 0 Å². The first-order valence-electron chi connectivity index (χ1n) is 10.7. The van der Waals surface area contributed by atoms with Crippen molar-refractivity contribution in [3.05, 3.63) is 40.7 Å². The number of nitriles is 1. The number of imidazole rings is 1. The van der Waals surface area contributed by atoms with Crippen molar-refractivity contribution in [2.24, 2.45) is 5.16 Å². The number of rotatable bonds is 8. The number of nitrogen functional groups attached to an aromatic ring is 1. The zero-order chi connectivity index (χ0) is 26.3. The molecule has 0 bridgehead atoms. The van der Waals surface area contributed by atoms with Crippen LogP contribution in [0.25, 0.3) is 4.83 Å². The molecule has 2 amide bonds. The highest BCUT2D eigenvalue weighted by Crippen LogP contribution is 2.40. The molecule has 2 atom stereocenters. The largest absolute Gasteiger partial charge is 0.543 e. The molecule has 37 heavy (non-hydrogen) atoms. The molecular weight excluding hydrogens is 542 g/mol. The molecular formula is C20H17N9O5S3. The summed E-state index contributed by atoms with van der Waals surface area (Å²) in [5.41, 5.74) is 5.50. The number of fused-ring (bicyclic) bond motifs is 2. The molecule has 3 N–H and O–H groups in total. The molecule has 5 heterocycles. The number of amides is 2. The Balaban J connectivity index is 1.38. The summed E-state index contributed by atoms with van der Waals surface area (Å²) >= 11 is 3.59. The highest BCUT2D eigenvalue weighted by molar-refractivity contribution is 8.00. The summed E-state index contributed by atoms with van der Waals surface area (Å²) in [5.74, 6) is -2.38. The topological polar surface area (TPSA) is 195 Å². The Morgan fingerprint density at radius 2 is 2.30 bits per heavy atom. The van der Waals surface area contributed by atoms with E-state index in [-0.39, 0.29) is 41.3 Å². The average molecular weight is 560 g/mol. The Kier molecular flexibility index (Phi) is 6.54. The fourth-order valence-corrected chi connectivity index (χ4v) is 6.52. The minimum Gasteiger partial charge on any atom is -0.543 e. The Morgan fingerprint density at radius 1 is 1.49 bits per heavy atom. The maximum absolute atomic E-state index is 13.0. The fraction of sp³-hybridized carbons (Fsp3) is 0.300. The SMILES string of the molecule is CCO/N=C(\C(=O)N[C@@H]1C(=O)N2C(C(=O)[O-])=C(C[n+]3cc4sccn4c3C#N)CS[C@H]12)c1nsc(N)n1. The number of anilines is 1. The molecule has 0 aliphatic carbocycles. The van der Waals surface area contributed by atoms with E-state index in [9.17, 15) is 24.8 Å². The number of thiazole rings is 1. The van der Waals surface area contributed by atoms with Gasteiger partial charge in [0.1, 0.15) is 37.0 Å². The summed E-state index contributed by atoms with van der Waals surface area (Å²) in [4.78, 5) is 48.9. The van der Waals surface area contributed by atoms with Gasteiger partial charge in [0.25, 0.3) is 11.8 Å². The predicted molar refractivity (Wildman–Crippen MR) is 130 cm³/mol. The van der Waals surface area contributed by atoms with Crippen LogP contribution in [-0.2, 0) is 25.8 Å². The van der Waals surface area contributed by atoms with Crippen molar-refractivity contribution in [3.8, 4) is 6.07 Å². The van der Waals surface area contributed by atoms with Crippen LogP contribution in [0.15, 0.2) is 34.2 Å². The van der Waals surface area contributed by atoms with Crippen molar-refractivity contribution in [1.82, 2.24) is 24.0 Å². The van der Waals surface area contributed by atoms with Crippen LogP contribution < -0.4 is 20.7 Å². The number of oxime groups is 1. The molecule has 17 heteroatoms. The maximum atomic E-state index is 13.0. The molecule has 0 unspecified atom stereocenters. The molecule has 3 aromatic rings. The number of hydrogen-bond acceptors (Lipinski definition) is 13. The number of aliphatic carboxylic acids is 1. The molecule has 1 saturated heterocycles. The second-order valence-corrected chi connectivity index (χ2v) is 10.5. The van der Waals surface area contributed by atoms with Gasteiger partial charge < -0.3 is 25.8 Å². The fourth-order valence-electron chi connectivity index (χ4n) is 3.98. The van der Waals surface area contributed by atoms with Crippen molar-refractivity contribution in [2.75, 3.05) is 18.1 Å². The number of nitrogens with zero attached hydrogens (tertiary/aromatic N) is 7. The van der Waals surface area contributed by atoms with E-state index in [1.807, 2.05) is 5.38 Å². The number of carbonyl (C=O) groups excluding carboxylic acids is 3. The van der Waals surface area contributed by atoms with E-state index < -0.39 is 29.2 Å². The first-order chi connectivity index (χ1) is 17.8. The molecule has 14 nitrogen and oxygen atoms in total. The van der Waals surface area contributed by atoms with Crippen LogP contribution >= 0.6 is 34.6 Å². The van der Waals surface area contributed by atoms with Crippen molar-refractivity contribution < 1.29 is 28.9 Å². The lowest BCUT2D eigenvalue weighted by atomic mass is 10.0. The number of carbonyl (C=O) groups is 3. The molecule has 2 aliphatic rings. The zero-order valence-corrected chi connectivity index (χ0v) is 21.4. The van der Waals surface area contributed by atoms with E-state index in [1.165, 1.54) is 23.1 Å². The van der Waals surface area contributed by atoms with E-state index in [2.05, 4.69) is 25.9 Å². The van der Waals surface area contributed by atoms with Gasteiger partial charge in [0.05, 0.1) is 11.7 Å². The lowest BCUT2D eigenvalue weighted by Crippen LogP contribution is -2.71. The molecule has 3 aromatic heterocycles. The van der Waals surface area contributed by atoms with Crippen molar-refractivity contribution >= 4 is 68.1 Å². The second-order valence-electron chi connectivity index (χ2n) is 7.72. The van der Waals surface area contributed by atoms with Gasteiger partial charge in [-0.25, -0.2) is 4.57 Å².